The summed E-state index contributed by atoms with van der Waals surface area (Å²) >= 11 is 3.07. The molecule has 1 aromatic rings. The Hall–Kier alpha value is -0.910. The van der Waals surface area contributed by atoms with E-state index in [1.165, 1.54) is 14.2 Å². The third-order valence-electron chi connectivity index (χ3n) is 1.62. The minimum Gasteiger partial charge on any atom is -0.492 e. The van der Waals surface area contributed by atoms with E-state index < -0.39 is 6.43 Å². The second kappa shape index (κ2) is 4.54. The fourth-order valence-corrected chi connectivity index (χ4v) is 1.46. The Morgan fingerprint density at radius 2 is 1.86 bits per heavy atom. The number of nitrogens with zero attached hydrogens (tertiary/aromatic N) is 1. The summed E-state index contributed by atoms with van der Waals surface area (Å²) in [5.74, 6) is 0.176. The van der Waals surface area contributed by atoms with Gasteiger partial charge < -0.3 is 9.47 Å². The molecule has 1 rings (SSSR count). The molecule has 0 radical (unpaired) electrons. The predicted octanol–water partition coefficient (Wildman–Crippen LogP) is 2.80. The zero-order chi connectivity index (χ0) is 10.7. The van der Waals surface area contributed by atoms with Gasteiger partial charge in [0, 0.05) is 6.20 Å². The third kappa shape index (κ3) is 1.95. The van der Waals surface area contributed by atoms with Gasteiger partial charge in [0.05, 0.1) is 19.8 Å². The molecule has 0 spiro atoms. The molecule has 0 aliphatic carbocycles. The first kappa shape index (κ1) is 11.2. The maximum Gasteiger partial charge on any atom is 0.269 e. The highest BCUT2D eigenvalue weighted by Crippen LogP contribution is 2.40. The van der Waals surface area contributed by atoms with Crippen molar-refractivity contribution in [2.24, 2.45) is 0 Å². The molecule has 0 bridgehead atoms. The summed E-state index contributed by atoms with van der Waals surface area (Å²) in [5.41, 5.74) is -0.285. The van der Waals surface area contributed by atoms with Crippen molar-refractivity contribution in [3.05, 3.63) is 16.4 Å². The molecule has 1 heterocycles. The van der Waals surface area contributed by atoms with Crippen molar-refractivity contribution >= 4 is 15.9 Å². The van der Waals surface area contributed by atoms with E-state index in [0.29, 0.717) is 4.60 Å². The molecule has 0 aliphatic heterocycles. The first-order valence-electron chi connectivity index (χ1n) is 3.66. The van der Waals surface area contributed by atoms with Crippen LogP contribution in [0.2, 0.25) is 0 Å². The van der Waals surface area contributed by atoms with E-state index in [4.69, 9.17) is 9.47 Å². The first-order chi connectivity index (χ1) is 6.61. The Kier molecular flexibility index (Phi) is 3.62. The lowest BCUT2D eigenvalue weighted by atomic mass is 10.2. The number of methoxy groups -OCH3 is 2. The number of halogens is 3. The number of rotatable bonds is 3. The maximum absolute atomic E-state index is 12.5. The number of hydrogen-bond donors (Lipinski definition) is 0. The lowest BCUT2D eigenvalue weighted by Gasteiger charge is -2.12. The topological polar surface area (TPSA) is 31.4 Å². The Bertz CT molecular complexity index is 333. The molecular weight excluding hydrogens is 260 g/mol. The summed E-state index contributed by atoms with van der Waals surface area (Å²) in [6, 6.07) is 0. The summed E-state index contributed by atoms with van der Waals surface area (Å²) in [6.45, 7) is 0. The quantitative estimate of drug-likeness (QED) is 0.790. The number of hydrogen-bond acceptors (Lipinski definition) is 3. The Balaban J connectivity index is 3.33. The predicted molar refractivity (Wildman–Crippen MR) is 50.0 cm³/mol. The van der Waals surface area contributed by atoms with E-state index in [-0.39, 0.29) is 17.1 Å². The zero-order valence-electron chi connectivity index (χ0n) is 7.55. The van der Waals surface area contributed by atoms with Gasteiger partial charge in [-0.3, -0.25) is 0 Å². The van der Waals surface area contributed by atoms with Crippen LogP contribution < -0.4 is 9.47 Å². The molecule has 0 aliphatic rings. The van der Waals surface area contributed by atoms with Crippen LogP contribution in [0.1, 0.15) is 12.0 Å². The van der Waals surface area contributed by atoms with Gasteiger partial charge in [0.1, 0.15) is 0 Å². The molecule has 0 unspecified atom stereocenters. The largest absolute Gasteiger partial charge is 0.492 e. The fraction of sp³-hybridized carbons (Fsp3) is 0.375. The SMILES string of the molecule is COc1c(C(F)F)cnc(Br)c1OC. The van der Waals surface area contributed by atoms with Crippen LogP contribution in [0.5, 0.6) is 11.5 Å². The molecule has 0 saturated heterocycles. The molecule has 0 fully saturated rings. The highest BCUT2D eigenvalue weighted by Gasteiger charge is 2.20. The minimum atomic E-state index is -2.64. The lowest BCUT2D eigenvalue weighted by Crippen LogP contribution is -1.99. The first-order valence-corrected chi connectivity index (χ1v) is 4.45. The van der Waals surface area contributed by atoms with Gasteiger partial charge in [0.25, 0.3) is 6.43 Å². The number of ether oxygens (including phenoxy) is 2. The van der Waals surface area contributed by atoms with Gasteiger partial charge in [0.15, 0.2) is 16.1 Å². The highest BCUT2D eigenvalue weighted by atomic mass is 79.9. The summed E-state index contributed by atoms with van der Waals surface area (Å²) in [5, 5.41) is 0. The minimum absolute atomic E-state index is 0.00405. The summed E-state index contributed by atoms with van der Waals surface area (Å²) in [4.78, 5) is 3.71. The second-order valence-electron chi connectivity index (χ2n) is 2.37. The normalized spacial score (nSPS) is 10.4. The van der Waals surface area contributed by atoms with Gasteiger partial charge in [-0.2, -0.15) is 0 Å². The third-order valence-corrected chi connectivity index (χ3v) is 2.18. The monoisotopic (exact) mass is 267 g/mol. The van der Waals surface area contributed by atoms with E-state index in [1.54, 1.807) is 0 Å². The highest BCUT2D eigenvalue weighted by molar-refractivity contribution is 9.10. The zero-order valence-corrected chi connectivity index (χ0v) is 9.14. The van der Waals surface area contributed by atoms with Gasteiger partial charge >= 0.3 is 0 Å². The molecule has 3 nitrogen and oxygen atoms in total. The van der Waals surface area contributed by atoms with Crippen LogP contribution in [0, 0.1) is 0 Å². The van der Waals surface area contributed by atoms with Crippen LogP contribution in [-0.2, 0) is 0 Å². The Morgan fingerprint density at radius 1 is 1.29 bits per heavy atom. The number of pyridine rings is 1. The molecule has 1 aromatic heterocycles. The van der Waals surface area contributed by atoms with Crippen molar-refractivity contribution < 1.29 is 18.3 Å². The average Bonchev–Trinajstić information content (AvgIpc) is 2.16. The van der Waals surface area contributed by atoms with Crippen LogP contribution >= 0.6 is 15.9 Å². The van der Waals surface area contributed by atoms with Crippen LogP contribution in [0.25, 0.3) is 0 Å². The maximum atomic E-state index is 12.5. The van der Waals surface area contributed by atoms with Crippen LogP contribution in [0.4, 0.5) is 8.78 Å². The van der Waals surface area contributed by atoms with E-state index in [1.807, 2.05) is 0 Å². The molecule has 0 N–H and O–H groups in total. The summed E-state index contributed by atoms with van der Waals surface area (Å²) in [6.07, 6.45) is -1.59. The van der Waals surface area contributed by atoms with Crippen LogP contribution in [0.15, 0.2) is 10.8 Å². The molecule has 14 heavy (non-hydrogen) atoms. The second-order valence-corrected chi connectivity index (χ2v) is 3.12. The van der Waals surface area contributed by atoms with Gasteiger partial charge in [-0.15, -0.1) is 0 Å². The molecular formula is C8H8BrF2NO2. The van der Waals surface area contributed by atoms with Crippen molar-refractivity contribution in [1.29, 1.82) is 0 Å². The molecule has 6 heteroatoms. The molecule has 0 atom stereocenters. The van der Waals surface area contributed by atoms with Gasteiger partial charge in [0.2, 0.25) is 0 Å². The van der Waals surface area contributed by atoms with Crippen LogP contribution in [0.3, 0.4) is 0 Å². The van der Waals surface area contributed by atoms with Gasteiger partial charge in [-0.1, -0.05) is 0 Å². The average molecular weight is 268 g/mol. The fourth-order valence-electron chi connectivity index (χ4n) is 1.01. The van der Waals surface area contributed by atoms with Gasteiger partial charge in [-0.05, 0) is 15.9 Å². The van der Waals surface area contributed by atoms with Crippen LogP contribution in [-0.4, -0.2) is 19.2 Å². The van der Waals surface area contributed by atoms with Crippen molar-refractivity contribution in [1.82, 2.24) is 4.98 Å². The summed E-state index contributed by atoms with van der Waals surface area (Å²) < 4.78 is 35.0. The Morgan fingerprint density at radius 3 is 2.29 bits per heavy atom. The smallest absolute Gasteiger partial charge is 0.269 e. The summed E-state index contributed by atoms with van der Waals surface area (Å²) in [7, 11) is 2.66. The Labute approximate surface area is 88.2 Å². The molecule has 78 valence electrons. The van der Waals surface area contributed by atoms with E-state index in [9.17, 15) is 8.78 Å². The van der Waals surface area contributed by atoms with Crippen molar-refractivity contribution in [3.63, 3.8) is 0 Å². The number of aromatic nitrogens is 1. The molecule has 0 saturated carbocycles. The lowest BCUT2D eigenvalue weighted by molar-refractivity contribution is 0.145. The molecule has 0 aromatic carbocycles. The van der Waals surface area contributed by atoms with Crippen molar-refractivity contribution in [2.75, 3.05) is 14.2 Å². The molecule has 0 amide bonds. The van der Waals surface area contributed by atoms with E-state index >= 15 is 0 Å². The number of alkyl halides is 2. The van der Waals surface area contributed by atoms with Crippen molar-refractivity contribution in [2.45, 2.75) is 6.43 Å². The van der Waals surface area contributed by atoms with Crippen molar-refractivity contribution in [3.8, 4) is 11.5 Å². The standard InChI is InChI=1S/C8H8BrF2NO2/c1-13-5-4(8(10)11)3-12-7(9)6(5)14-2/h3,8H,1-2H3. The van der Waals surface area contributed by atoms with E-state index in [0.717, 1.165) is 6.20 Å². The van der Waals surface area contributed by atoms with Gasteiger partial charge in [-0.25, -0.2) is 13.8 Å². The van der Waals surface area contributed by atoms with E-state index in [2.05, 4.69) is 20.9 Å².